The highest BCUT2D eigenvalue weighted by molar-refractivity contribution is 7.90. The summed E-state index contributed by atoms with van der Waals surface area (Å²) >= 11 is 0. The van der Waals surface area contributed by atoms with Gasteiger partial charge in [0.2, 0.25) is 0 Å². The Balaban J connectivity index is 1.54. The Hall–Kier alpha value is -2.38. The molecule has 2 aromatic rings. The number of nitrogens with zero attached hydrogens (tertiary/aromatic N) is 3. The van der Waals surface area contributed by atoms with Gasteiger partial charge in [-0.1, -0.05) is 42.5 Å². The van der Waals surface area contributed by atoms with Crippen molar-refractivity contribution in [3.63, 3.8) is 0 Å². The molecule has 2 aliphatic rings. The highest BCUT2D eigenvalue weighted by atomic mass is 32.2. The van der Waals surface area contributed by atoms with Crippen LogP contribution in [0.25, 0.3) is 0 Å². The Bertz CT molecular complexity index is 1090. The number of benzene rings is 2. The van der Waals surface area contributed by atoms with Crippen LogP contribution in [0.5, 0.6) is 0 Å². The lowest BCUT2D eigenvalue weighted by molar-refractivity contribution is 0.0261. The Morgan fingerprint density at radius 3 is 2.06 bits per heavy atom. The van der Waals surface area contributed by atoms with Crippen molar-refractivity contribution < 1.29 is 13.2 Å². The molecule has 2 amide bonds. The van der Waals surface area contributed by atoms with Crippen molar-refractivity contribution in [3.05, 3.63) is 65.7 Å². The molecule has 33 heavy (non-hydrogen) atoms. The fourth-order valence-electron chi connectivity index (χ4n) is 5.84. The van der Waals surface area contributed by atoms with E-state index in [9.17, 15) is 13.2 Å². The number of carbonyl (C=O) groups is 1. The summed E-state index contributed by atoms with van der Waals surface area (Å²) in [5, 5.41) is 0. The van der Waals surface area contributed by atoms with Crippen molar-refractivity contribution in [2.24, 2.45) is 0 Å². The topological polar surface area (TPSA) is 60.9 Å². The molecule has 0 atom stereocenters. The molecule has 0 unspecified atom stereocenters. The highest BCUT2D eigenvalue weighted by Crippen LogP contribution is 2.48. The van der Waals surface area contributed by atoms with Crippen molar-refractivity contribution in [3.8, 4) is 0 Å². The van der Waals surface area contributed by atoms with Crippen molar-refractivity contribution >= 4 is 15.9 Å². The monoisotopic (exact) mass is 469 g/mol. The van der Waals surface area contributed by atoms with Gasteiger partial charge in [0.15, 0.2) is 9.84 Å². The summed E-state index contributed by atoms with van der Waals surface area (Å²) in [7, 11) is 1.10. The normalized spacial score (nSPS) is 25.9. The largest absolute Gasteiger partial charge is 0.320 e. The molecule has 1 aliphatic carbocycles. The van der Waals surface area contributed by atoms with E-state index >= 15 is 0 Å². The average molecular weight is 470 g/mol. The van der Waals surface area contributed by atoms with E-state index in [0.29, 0.717) is 24.5 Å². The van der Waals surface area contributed by atoms with Gasteiger partial charge >= 0.3 is 6.03 Å². The zero-order valence-electron chi connectivity index (χ0n) is 20.1. The van der Waals surface area contributed by atoms with E-state index in [1.54, 1.807) is 12.1 Å². The third kappa shape index (κ3) is 4.28. The number of sulfone groups is 1. The fourth-order valence-corrected chi connectivity index (χ4v) is 6.47. The number of carbonyl (C=O) groups excluding carboxylic acids is 1. The Labute approximate surface area is 198 Å². The molecule has 1 aliphatic heterocycles. The van der Waals surface area contributed by atoms with Crippen LogP contribution >= 0.6 is 0 Å². The molecule has 2 fully saturated rings. The van der Waals surface area contributed by atoms with E-state index in [1.165, 1.54) is 11.8 Å². The summed E-state index contributed by atoms with van der Waals surface area (Å²) in [6, 6.07) is 17.7. The van der Waals surface area contributed by atoms with Gasteiger partial charge in [-0.05, 0) is 70.0 Å². The van der Waals surface area contributed by atoms with Gasteiger partial charge < -0.3 is 9.80 Å². The van der Waals surface area contributed by atoms with Gasteiger partial charge in [-0.15, -0.1) is 0 Å². The first-order valence-corrected chi connectivity index (χ1v) is 13.6. The van der Waals surface area contributed by atoms with E-state index < -0.39 is 9.84 Å². The molecule has 4 rings (SSSR count). The minimum Gasteiger partial charge on any atom is -0.318 e. The molecule has 1 saturated carbocycles. The molecule has 7 heteroatoms. The second-order valence-corrected chi connectivity index (χ2v) is 11.8. The zero-order valence-corrected chi connectivity index (χ0v) is 20.9. The van der Waals surface area contributed by atoms with Crippen LogP contribution in [0, 0.1) is 0 Å². The maximum absolute atomic E-state index is 13.4. The van der Waals surface area contributed by atoms with Gasteiger partial charge in [-0.2, -0.15) is 0 Å². The lowest BCUT2D eigenvalue weighted by Crippen LogP contribution is -2.55. The van der Waals surface area contributed by atoms with Gasteiger partial charge in [-0.25, -0.2) is 13.2 Å². The summed E-state index contributed by atoms with van der Waals surface area (Å²) < 4.78 is 23.5. The summed E-state index contributed by atoms with van der Waals surface area (Å²) in [4.78, 5) is 20.0. The molecule has 0 N–H and O–H groups in total. The first-order chi connectivity index (χ1) is 15.6. The number of urea groups is 1. The molecule has 2 aromatic carbocycles. The number of rotatable bonds is 6. The van der Waals surface area contributed by atoms with Crippen LogP contribution in [0.3, 0.4) is 0 Å². The quantitative estimate of drug-likeness (QED) is 0.639. The molecule has 0 bridgehead atoms. The van der Waals surface area contributed by atoms with Crippen LogP contribution < -0.4 is 0 Å². The number of likely N-dealkylation sites (N-methyl/N-ethyl adjacent to an activating group) is 1. The van der Waals surface area contributed by atoms with E-state index in [2.05, 4.69) is 61.2 Å². The standard InChI is InChI=1S/C26H35N3O3S/c1-5-29-24(30)28(19-21-11-13-23(14-12-21)33(4,31)32)20-25(29)15-17-26(18-16-25,27(2)3)22-9-7-6-8-10-22/h6-14H,5,15-20H2,1-4H3/t25-,26+. The Morgan fingerprint density at radius 1 is 0.939 bits per heavy atom. The molecule has 1 saturated heterocycles. The molecule has 178 valence electrons. The van der Waals surface area contributed by atoms with Gasteiger partial charge in [0.05, 0.1) is 10.4 Å². The molecule has 1 heterocycles. The van der Waals surface area contributed by atoms with Crippen LogP contribution in [-0.2, 0) is 21.9 Å². The van der Waals surface area contributed by atoms with Crippen molar-refractivity contribution in [1.29, 1.82) is 0 Å². The second kappa shape index (κ2) is 8.76. The highest BCUT2D eigenvalue weighted by Gasteiger charge is 2.53. The lowest BCUT2D eigenvalue weighted by Gasteiger charge is -2.51. The van der Waals surface area contributed by atoms with Gasteiger partial charge in [0.25, 0.3) is 0 Å². The minimum absolute atomic E-state index is 0.0101. The van der Waals surface area contributed by atoms with Crippen LogP contribution in [-0.4, -0.2) is 68.1 Å². The van der Waals surface area contributed by atoms with Crippen LogP contribution in [0.2, 0.25) is 0 Å². The van der Waals surface area contributed by atoms with Crippen molar-refractivity contribution in [1.82, 2.24) is 14.7 Å². The Morgan fingerprint density at radius 2 is 1.55 bits per heavy atom. The molecular formula is C26H35N3O3S. The van der Waals surface area contributed by atoms with E-state index in [1.807, 2.05) is 17.0 Å². The van der Waals surface area contributed by atoms with Crippen LogP contribution in [0.4, 0.5) is 4.79 Å². The maximum atomic E-state index is 13.4. The average Bonchev–Trinajstić information content (AvgIpc) is 3.04. The van der Waals surface area contributed by atoms with E-state index in [-0.39, 0.29) is 17.1 Å². The summed E-state index contributed by atoms with van der Waals surface area (Å²) in [6.45, 7) is 3.97. The maximum Gasteiger partial charge on any atom is 0.320 e. The second-order valence-electron chi connectivity index (χ2n) is 9.82. The third-order valence-electron chi connectivity index (χ3n) is 7.78. The molecule has 6 nitrogen and oxygen atoms in total. The first-order valence-electron chi connectivity index (χ1n) is 11.7. The Kier molecular flexibility index (Phi) is 6.31. The predicted octanol–water partition coefficient (Wildman–Crippen LogP) is 4.12. The first kappa shape index (κ1) is 23.8. The molecular weight excluding hydrogens is 434 g/mol. The van der Waals surface area contributed by atoms with Crippen molar-refractivity contribution in [2.75, 3.05) is 33.4 Å². The SMILES string of the molecule is CCN1C(=O)N(Cc2ccc(S(C)(=O)=O)cc2)C[C@]12CC[C@](c1ccccc1)(N(C)C)CC2. The number of amides is 2. The fraction of sp³-hybridized carbons (Fsp3) is 0.500. The smallest absolute Gasteiger partial charge is 0.318 e. The van der Waals surface area contributed by atoms with Crippen LogP contribution in [0.1, 0.15) is 43.7 Å². The van der Waals surface area contributed by atoms with Gasteiger partial charge in [0.1, 0.15) is 0 Å². The summed E-state index contributed by atoms with van der Waals surface area (Å²) in [6.07, 6.45) is 5.14. The minimum atomic E-state index is -3.23. The molecule has 0 aromatic heterocycles. The van der Waals surface area contributed by atoms with Crippen molar-refractivity contribution in [2.45, 2.75) is 55.1 Å². The van der Waals surface area contributed by atoms with E-state index in [4.69, 9.17) is 0 Å². The lowest BCUT2D eigenvalue weighted by atomic mass is 9.68. The van der Waals surface area contributed by atoms with Gasteiger partial charge in [-0.3, -0.25) is 4.90 Å². The van der Waals surface area contributed by atoms with E-state index in [0.717, 1.165) is 31.2 Å². The zero-order chi connectivity index (χ0) is 23.9. The van der Waals surface area contributed by atoms with Gasteiger partial charge in [0, 0.05) is 31.4 Å². The summed E-state index contributed by atoms with van der Waals surface area (Å²) in [5.74, 6) is 0. The molecule has 0 radical (unpaired) electrons. The summed E-state index contributed by atoms with van der Waals surface area (Å²) in [5.41, 5.74) is 2.14. The number of hydrogen-bond donors (Lipinski definition) is 0. The third-order valence-corrected chi connectivity index (χ3v) is 8.90. The number of hydrogen-bond acceptors (Lipinski definition) is 4. The molecule has 1 spiro atoms. The predicted molar refractivity (Wildman–Crippen MR) is 131 cm³/mol. The van der Waals surface area contributed by atoms with Crippen LogP contribution in [0.15, 0.2) is 59.5 Å².